The molecule has 1 saturated carbocycles. The second kappa shape index (κ2) is 4.99. The maximum atomic E-state index is 10.9. The number of aromatic nitrogens is 2. The summed E-state index contributed by atoms with van der Waals surface area (Å²) in [6, 6.07) is 0. The molecule has 17 heavy (non-hydrogen) atoms. The van der Waals surface area contributed by atoms with Gasteiger partial charge in [-0.1, -0.05) is 38.3 Å². The molecule has 0 spiro atoms. The van der Waals surface area contributed by atoms with Crippen LogP contribution in [0.25, 0.3) is 0 Å². The number of hydrogen-bond donors (Lipinski definition) is 1. The first-order valence-corrected chi connectivity index (χ1v) is 6.91. The van der Waals surface area contributed by atoms with Gasteiger partial charge in [0.1, 0.15) is 5.60 Å². The third kappa shape index (κ3) is 2.23. The van der Waals surface area contributed by atoms with E-state index in [4.69, 9.17) is 11.6 Å². The Balaban J connectivity index is 2.39. The third-order valence-electron chi connectivity index (χ3n) is 3.90. The summed E-state index contributed by atoms with van der Waals surface area (Å²) < 4.78 is 1.88. The highest BCUT2D eigenvalue weighted by atomic mass is 35.5. The van der Waals surface area contributed by atoms with Crippen molar-refractivity contribution in [1.29, 1.82) is 0 Å². The molecule has 0 saturated heterocycles. The summed E-state index contributed by atoms with van der Waals surface area (Å²) in [5.74, 6) is 0.251. The van der Waals surface area contributed by atoms with Gasteiger partial charge in [-0.2, -0.15) is 5.10 Å². The molecule has 2 rings (SSSR count). The van der Waals surface area contributed by atoms with Gasteiger partial charge in [0.05, 0.1) is 16.9 Å². The number of aryl methyl sites for hydroxylation is 1. The van der Waals surface area contributed by atoms with E-state index in [2.05, 4.69) is 18.9 Å². The quantitative estimate of drug-likeness (QED) is 0.901. The number of halogens is 1. The predicted molar refractivity (Wildman–Crippen MR) is 69.1 cm³/mol. The summed E-state index contributed by atoms with van der Waals surface area (Å²) >= 11 is 6.23. The lowest BCUT2D eigenvalue weighted by molar-refractivity contribution is -0.0540. The number of hydrogen-bond acceptors (Lipinski definition) is 2. The van der Waals surface area contributed by atoms with E-state index in [-0.39, 0.29) is 5.92 Å². The van der Waals surface area contributed by atoms with Crippen LogP contribution < -0.4 is 0 Å². The van der Waals surface area contributed by atoms with Crippen molar-refractivity contribution in [2.45, 2.75) is 58.1 Å². The molecule has 0 amide bonds. The fourth-order valence-electron chi connectivity index (χ4n) is 2.86. The Morgan fingerprint density at radius 3 is 3.00 bits per heavy atom. The van der Waals surface area contributed by atoms with Crippen LogP contribution in [-0.4, -0.2) is 14.9 Å². The lowest BCUT2D eigenvalue weighted by Crippen LogP contribution is -2.38. The molecule has 2 unspecified atom stereocenters. The van der Waals surface area contributed by atoms with Crippen molar-refractivity contribution < 1.29 is 5.11 Å². The van der Waals surface area contributed by atoms with E-state index in [1.54, 1.807) is 6.20 Å². The van der Waals surface area contributed by atoms with Gasteiger partial charge in [-0.3, -0.25) is 4.68 Å². The topological polar surface area (TPSA) is 38.0 Å². The summed E-state index contributed by atoms with van der Waals surface area (Å²) in [7, 11) is 0. The standard InChI is InChI=1S/C13H21ClN2O/c1-3-8-16-12(11(14)9-15-16)13(17)7-5-4-6-10(13)2/h9-10,17H,3-8H2,1-2H3. The molecule has 0 aromatic carbocycles. The van der Waals surface area contributed by atoms with Crippen molar-refractivity contribution in [2.24, 2.45) is 5.92 Å². The van der Waals surface area contributed by atoms with Gasteiger partial charge in [0.25, 0.3) is 0 Å². The molecule has 1 N–H and O–H groups in total. The Labute approximate surface area is 108 Å². The second-order valence-corrected chi connectivity index (χ2v) is 5.54. The monoisotopic (exact) mass is 256 g/mol. The SMILES string of the molecule is CCCn1ncc(Cl)c1C1(O)CCCCC1C. The first-order valence-electron chi connectivity index (χ1n) is 6.53. The van der Waals surface area contributed by atoms with Crippen LogP contribution in [0.15, 0.2) is 6.20 Å². The van der Waals surface area contributed by atoms with Gasteiger partial charge in [-0.15, -0.1) is 0 Å². The van der Waals surface area contributed by atoms with Crippen molar-refractivity contribution in [3.8, 4) is 0 Å². The maximum absolute atomic E-state index is 10.9. The van der Waals surface area contributed by atoms with E-state index in [0.717, 1.165) is 37.9 Å². The summed E-state index contributed by atoms with van der Waals surface area (Å²) in [5.41, 5.74) is 0.0364. The average molecular weight is 257 g/mol. The minimum Gasteiger partial charge on any atom is -0.383 e. The van der Waals surface area contributed by atoms with Crippen molar-refractivity contribution in [3.05, 3.63) is 16.9 Å². The largest absolute Gasteiger partial charge is 0.383 e. The molecule has 4 heteroatoms. The Bertz CT molecular complexity index is 391. The molecule has 1 aromatic rings. The van der Waals surface area contributed by atoms with Crippen LogP contribution >= 0.6 is 11.6 Å². The Morgan fingerprint density at radius 2 is 2.35 bits per heavy atom. The molecule has 1 aliphatic rings. The van der Waals surface area contributed by atoms with Gasteiger partial charge < -0.3 is 5.11 Å². The first kappa shape index (κ1) is 12.9. The van der Waals surface area contributed by atoms with Crippen LogP contribution in [0.1, 0.15) is 51.6 Å². The molecular weight excluding hydrogens is 236 g/mol. The molecular formula is C13H21ClN2O. The van der Waals surface area contributed by atoms with Crippen LogP contribution in [0.5, 0.6) is 0 Å². The molecule has 96 valence electrons. The molecule has 2 atom stereocenters. The molecule has 0 aliphatic heterocycles. The second-order valence-electron chi connectivity index (χ2n) is 5.14. The van der Waals surface area contributed by atoms with Crippen molar-refractivity contribution >= 4 is 11.6 Å². The normalized spacial score (nSPS) is 29.5. The van der Waals surface area contributed by atoms with E-state index >= 15 is 0 Å². The number of nitrogens with zero attached hydrogens (tertiary/aromatic N) is 2. The minimum absolute atomic E-state index is 0.251. The highest BCUT2D eigenvalue weighted by Crippen LogP contribution is 2.43. The van der Waals surface area contributed by atoms with Crippen LogP contribution in [-0.2, 0) is 12.1 Å². The van der Waals surface area contributed by atoms with Gasteiger partial charge in [0, 0.05) is 6.54 Å². The van der Waals surface area contributed by atoms with E-state index in [1.807, 2.05) is 4.68 Å². The van der Waals surface area contributed by atoms with E-state index < -0.39 is 5.60 Å². The molecule has 1 fully saturated rings. The molecule has 1 aromatic heterocycles. The van der Waals surface area contributed by atoms with E-state index in [9.17, 15) is 5.11 Å². The highest BCUT2D eigenvalue weighted by molar-refractivity contribution is 6.31. The van der Waals surface area contributed by atoms with E-state index in [0.29, 0.717) is 5.02 Å². The summed E-state index contributed by atoms with van der Waals surface area (Å²) in [4.78, 5) is 0. The Kier molecular flexibility index (Phi) is 3.79. The smallest absolute Gasteiger partial charge is 0.110 e. The minimum atomic E-state index is -0.791. The van der Waals surface area contributed by atoms with Crippen LogP contribution in [0.2, 0.25) is 5.02 Å². The highest BCUT2D eigenvalue weighted by Gasteiger charge is 2.41. The molecule has 3 nitrogen and oxygen atoms in total. The fourth-order valence-corrected chi connectivity index (χ4v) is 3.16. The number of aliphatic hydroxyl groups is 1. The van der Waals surface area contributed by atoms with Crippen LogP contribution in [0.3, 0.4) is 0 Å². The summed E-state index contributed by atoms with van der Waals surface area (Å²) in [6.07, 6.45) is 6.77. The van der Waals surface area contributed by atoms with Gasteiger partial charge in [-0.05, 0) is 25.2 Å². The lowest BCUT2D eigenvalue weighted by Gasteiger charge is -2.38. The van der Waals surface area contributed by atoms with Gasteiger partial charge in [0.2, 0.25) is 0 Å². The zero-order chi connectivity index (χ0) is 12.5. The summed E-state index contributed by atoms with van der Waals surface area (Å²) in [5, 5.41) is 15.8. The maximum Gasteiger partial charge on any atom is 0.110 e. The van der Waals surface area contributed by atoms with Gasteiger partial charge in [0.15, 0.2) is 0 Å². The fraction of sp³-hybridized carbons (Fsp3) is 0.769. The predicted octanol–water partition coefficient (Wildman–Crippen LogP) is 3.34. The van der Waals surface area contributed by atoms with Crippen molar-refractivity contribution in [2.75, 3.05) is 0 Å². The Hall–Kier alpha value is -0.540. The zero-order valence-electron chi connectivity index (χ0n) is 10.6. The van der Waals surface area contributed by atoms with Crippen LogP contribution in [0, 0.1) is 5.92 Å². The first-order chi connectivity index (χ1) is 8.09. The lowest BCUT2D eigenvalue weighted by atomic mass is 9.74. The Morgan fingerprint density at radius 1 is 1.59 bits per heavy atom. The van der Waals surface area contributed by atoms with Gasteiger partial charge >= 0.3 is 0 Å². The molecule has 0 radical (unpaired) electrons. The average Bonchev–Trinajstić information content (AvgIpc) is 2.65. The van der Waals surface area contributed by atoms with Crippen LogP contribution in [0.4, 0.5) is 0 Å². The summed E-state index contributed by atoms with van der Waals surface area (Å²) in [6.45, 7) is 5.03. The van der Waals surface area contributed by atoms with Crippen molar-refractivity contribution in [1.82, 2.24) is 9.78 Å². The number of rotatable bonds is 3. The molecule has 1 aliphatic carbocycles. The zero-order valence-corrected chi connectivity index (χ0v) is 11.4. The third-order valence-corrected chi connectivity index (χ3v) is 4.18. The molecule has 1 heterocycles. The van der Waals surface area contributed by atoms with Crippen molar-refractivity contribution in [3.63, 3.8) is 0 Å². The van der Waals surface area contributed by atoms with E-state index in [1.165, 1.54) is 6.42 Å². The van der Waals surface area contributed by atoms with Gasteiger partial charge in [-0.25, -0.2) is 0 Å². The molecule has 0 bridgehead atoms.